The first kappa shape index (κ1) is 23.2. The second-order valence-electron chi connectivity index (χ2n) is 8.72. The zero-order chi connectivity index (χ0) is 23.9. The van der Waals surface area contributed by atoms with E-state index >= 15 is 0 Å². The van der Waals surface area contributed by atoms with E-state index in [0.29, 0.717) is 17.8 Å². The van der Waals surface area contributed by atoms with Crippen molar-refractivity contribution in [2.24, 2.45) is 5.73 Å². The first-order valence-corrected chi connectivity index (χ1v) is 12.9. The van der Waals surface area contributed by atoms with E-state index in [0.717, 1.165) is 37.1 Å². The summed E-state index contributed by atoms with van der Waals surface area (Å²) in [6, 6.07) is 7.99. The zero-order valence-electron chi connectivity index (χ0n) is 19.4. The number of aryl methyl sites for hydroxylation is 1. The van der Waals surface area contributed by atoms with Crippen molar-refractivity contribution in [2.45, 2.75) is 43.7 Å². The molecule has 176 valence electrons. The maximum Gasteiger partial charge on any atom is 0.255 e. The molecule has 10 heteroatoms. The number of sulfone groups is 1. The molecule has 1 aliphatic heterocycles. The molecule has 1 aromatic carbocycles. The molecule has 2 N–H and O–H groups in total. The van der Waals surface area contributed by atoms with Crippen LogP contribution < -0.4 is 10.6 Å². The van der Waals surface area contributed by atoms with Crippen LogP contribution in [0, 0.1) is 6.92 Å². The maximum absolute atomic E-state index is 13.3. The lowest BCUT2D eigenvalue weighted by molar-refractivity contribution is 0.0718. The van der Waals surface area contributed by atoms with Crippen molar-refractivity contribution >= 4 is 27.2 Å². The molecule has 0 bridgehead atoms. The predicted molar refractivity (Wildman–Crippen MR) is 127 cm³/mol. The average Bonchev–Trinajstić information content (AvgIpc) is 3.38. The molecule has 3 heterocycles. The summed E-state index contributed by atoms with van der Waals surface area (Å²) >= 11 is 0. The largest absolute Gasteiger partial charge is 0.355 e. The highest BCUT2D eigenvalue weighted by Gasteiger charge is 2.28. The molecule has 1 amide bonds. The van der Waals surface area contributed by atoms with Gasteiger partial charge < -0.3 is 15.5 Å². The van der Waals surface area contributed by atoms with Crippen LogP contribution in [0.15, 0.2) is 41.4 Å². The number of aromatic nitrogens is 3. The summed E-state index contributed by atoms with van der Waals surface area (Å²) in [5.74, 6) is 0.539. The number of anilines is 1. The second-order valence-corrected chi connectivity index (χ2v) is 10.7. The van der Waals surface area contributed by atoms with E-state index < -0.39 is 9.84 Å². The highest BCUT2D eigenvalue weighted by atomic mass is 32.2. The first-order chi connectivity index (χ1) is 15.6. The number of hydrogen-bond donors (Lipinski definition) is 1. The number of carbonyl (C=O) groups is 1. The van der Waals surface area contributed by atoms with Crippen molar-refractivity contribution in [3.8, 4) is 0 Å². The van der Waals surface area contributed by atoms with Crippen LogP contribution in [0.2, 0.25) is 0 Å². The molecule has 1 aliphatic rings. The van der Waals surface area contributed by atoms with E-state index in [1.54, 1.807) is 34.7 Å². The van der Waals surface area contributed by atoms with Gasteiger partial charge in [-0.25, -0.2) is 17.9 Å². The van der Waals surface area contributed by atoms with Gasteiger partial charge in [-0.1, -0.05) is 19.1 Å². The SMILES string of the molecule is CC[C@@H](c1cc2nc(N3CC[C@H](N)C3)c(C)cn2n1)N(C)C(=O)c1ccccc1S(C)(=O)=O. The fourth-order valence-corrected chi connectivity index (χ4v) is 5.34. The van der Waals surface area contributed by atoms with Crippen molar-refractivity contribution in [1.29, 1.82) is 0 Å². The summed E-state index contributed by atoms with van der Waals surface area (Å²) < 4.78 is 26.1. The summed E-state index contributed by atoms with van der Waals surface area (Å²) in [6.45, 7) is 5.62. The van der Waals surface area contributed by atoms with Crippen LogP contribution in [0.25, 0.3) is 5.65 Å². The van der Waals surface area contributed by atoms with Gasteiger partial charge in [0.2, 0.25) is 0 Å². The minimum Gasteiger partial charge on any atom is -0.355 e. The topological polar surface area (TPSA) is 114 Å². The summed E-state index contributed by atoms with van der Waals surface area (Å²) in [4.78, 5) is 21.9. The molecule has 0 aliphatic carbocycles. The number of rotatable bonds is 6. The number of amides is 1. The highest BCUT2D eigenvalue weighted by Crippen LogP contribution is 2.28. The van der Waals surface area contributed by atoms with Gasteiger partial charge in [0, 0.05) is 50.3 Å². The monoisotopic (exact) mass is 470 g/mol. The Morgan fingerprint density at radius 3 is 2.70 bits per heavy atom. The van der Waals surface area contributed by atoms with Crippen LogP contribution in [-0.2, 0) is 9.84 Å². The van der Waals surface area contributed by atoms with E-state index in [2.05, 4.69) is 4.90 Å². The maximum atomic E-state index is 13.3. The molecule has 33 heavy (non-hydrogen) atoms. The number of carbonyl (C=O) groups excluding carboxylic acids is 1. The molecule has 9 nitrogen and oxygen atoms in total. The first-order valence-electron chi connectivity index (χ1n) is 11.0. The Labute approximate surface area is 194 Å². The fourth-order valence-electron chi connectivity index (χ4n) is 4.46. The third kappa shape index (κ3) is 4.45. The Hall–Kier alpha value is -2.98. The van der Waals surface area contributed by atoms with Gasteiger partial charge >= 0.3 is 0 Å². The van der Waals surface area contributed by atoms with Gasteiger partial charge in [0.1, 0.15) is 5.82 Å². The Kier molecular flexibility index (Phi) is 6.15. The quantitative estimate of drug-likeness (QED) is 0.587. The molecule has 0 radical (unpaired) electrons. The van der Waals surface area contributed by atoms with Crippen LogP contribution in [0.4, 0.5) is 5.82 Å². The third-order valence-electron chi connectivity index (χ3n) is 6.18. The Morgan fingerprint density at radius 1 is 1.33 bits per heavy atom. The average molecular weight is 471 g/mol. The number of benzene rings is 1. The highest BCUT2D eigenvalue weighted by molar-refractivity contribution is 7.90. The van der Waals surface area contributed by atoms with Crippen molar-refractivity contribution < 1.29 is 13.2 Å². The van der Waals surface area contributed by atoms with E-state index in [-0.39, 0.29) is 28.4 Å². The molecular formula is C23H30N6O3S. The van der Waals surface area contributed by atoms with Crippen molar-refractivity contribution in [2.75, 3.05) is 31.3 Å². The van der Waals surface area contributed by atoms with E-state index in [4.69, 9.17) is 15.8 Å². The van der Waals surface area contributed by atoms with Crippen LogP contribution in [-0.4, -0.2) is 66.3 Å². The van der Waals surface area contributed by atoms with Crippen LogP contribution in [0.3, 0.4) is 0 Å². The van der Waals surface area contributed by atoms with Crippen molar-refractivity contribution in [3.05, 3.63) is 53.3 Å². The summed E-state index contributed by atoms with van der Waals surface area (Å²) in [5, 5.41) is 4.69. The van der Waals surface area contributed by atoms with E-state index in [9.17, 15) is 13.2 Å². The Balaban J connectivity index is 1.67. The van der Waals surface area contributed by atoms with E-state index in [1.807, 2.05) is 26.1 Å². The van der Waals surface area contributed by atoms with Gasteiger partial charge in [-0.15, -0.1) is 0 Å². The smallest absolute Gasteiger partial charge is 0.255 e. The lowest BCUT2D eigenvalue weighted by Gasteiger charge is -2.26. The number of nitrogens with zero attached hydrogens (tertiary/aromatic N) is 5. The van der Waals surface area contributed by atoms with Gasteiger partial charge in [-0.3, -0.25) is 4.79 Å². The summed E-state index contributed by atoms with van der Waals surface area (Å²) in [7, 11) is -1.87. The predicted octanol–water partition coefficient (Wildman–Crippen LogP) is 2.20. The Bertz CT molecular complexity index is 1300. The molecule has 1 saturated heterocycles. The lowest BCUT2D eigenvalue weighted by Crippen LogP contribution is -2.32. The molecule has 1 fully saturated rings. The van der Waals surface area contributed by atoms with E-state index in [1.165, 1.54) is 6.07 Å². The Morgan fingerprint density at radius 2 is 2.06 bits per heavy atom. The van der Waals surface area contributed by atoms with Gasteiger partial charge in [0.15, 0.2) is 15.5 Å². The molecule has 0 spiro atoms. The van der Waals surface area contributed by atoms with Crippen LogP contribution >= 0.6 is 0 Å². The third-order valence-corrected chi connectivity index (χ3v) is 7.34. The molecule has 3 aromatic rings. The number of hydrogen-bond acceptors (Lipinski definition) is 7. The number of fused-ring (bicyclic) bond motifs is 1. The molecule has 2 aromatic heterocycles. The number of nitrogens with two attached hydrogens (primary N) is 1. The van der Waals surface area contributed by atoms with Gasteiger partial charge in [-0.05, 0) is 31.9 Å². The summed E-state index contributed by atoms with van der Waals surface area (Å²) in [6.07, 6.45) is 4.60. The molecule has 0 unspecified atom stereocenters. The normalized spacial score (nSPS) is 17.5. The van der Waals surface area contributed by atoms with Gasteiger partial charge in [0.25, 0.3) is 5.91 Å². The standard InChI is InChI=1S/C23H30N6O3S/c1-5-19(27(3)23(30)17-8-6-7-9-20(17)33(4,31)32)18-12-21-25-22(15(2)13-29(21)26-18)28-11-10-16(24)14-28/h6-9,12-13,16,19H,5,10-11,14,24H2,1-4H3/t16-,19-/m0/s1. The zero-order valence-corrected chi connectivity index (χ0v) is 20.2. The fraction of sp³-hybridized carbons (Fsp3) is 0.435. The van der Waals surface area contributed by atoms with Gasteiger partial charge in [-0.2, -0.15) is 5.10 Å². The minimum atomic E-state index is -3.54. The second kappa shape index (κ2) is 8.75. The van der Waals surface area contributed by atoms with Crippen LogP contribution in [0.1, 0.15) is 47.4 Å². The molecule has 4 rings (SSSR count). The molecular weight excluding hydrogens is 440 g/mol. The van der Waals surface area contributed by atoms with Crippen molar-refractivity contribution in [1.82, 2.24) is 19.5 Å². The van der Waals surface area contributed by atoms with Crippen LogP contribution in [0.5, 0.6) is 0 Å². The lowest BCUT2D eigenvalue weighted by atomic mass is 10.1. The van der Waals surface area contributed by atoms with Gasteiger partial charge in [0.05, 0.1) is 22.2 Å². The molecule has 0 saturated carbocycles. The molecule has 2 atom stereocenters. The van der Waals surface area contributed by atoms with Crippen molar-refractivity contribution in [3.63, 3.8) is 0 Å². The minimum absolute atomic E-state index is 0.0254. The summed E-state index contributed by atoms with van der Waals surface area (Å²) in [5.41, 5.74) is 8.63.